The van der Waals surface area contributed by atoms with Crippen molar-refractivity contribution in [3.8, 4) is 0 Å². The van der Waals surface area contributed by atoms with E-state index in [0.717, 1.165) is 25.8 Å². The summed E-state index contributed by atoms with van der Waals surface area (Å²) in [6, 6.07) is 0.862. The quantitative estimate of drug-likeness (QED) is 0.664. The normalized spacial score (nSPS) is 35.9. The van der Waals surface area contributed by atoms with E-state index in [0.29, 0.717) is 11.8 Å². The molecule has 2 unspecified atom stereocenters. The average molecular weight is 213 g/mol. The lowest BCUT2D eigenvalue weighted by Crippen LogP contribution is -2.51. The standard InChI is InChI=1S/C11H19NOS/c1-9-8-14-7-6-12(9)10-4-2-3-5-11(10)13/h9-10H,2-8H2,1H3. The SMILES string of the molecule is CC1CSCCN1C1CCCCC1=O. The fourth-order valence-electron chi connectivity index (χ4n) is 2.52. The lowest BCUT2D eigenvalue weighted by atomic mass is 9.92. The summed E-state index contributed by atoms with van der Waals surface area (Å²) in [5.74, 6) is 2.90. The zero-order chi connectivity index (χ0) is 9.97. The van der Waals surface area contributed by atoms with Crippen LogP contribution in [-0.2, 0) is 4.79 Å². The molecule has 1 heterocycles. The summed E-state index contributed by atoms with van der Waals surface area (Å²) in [5.41, 5.74) is 0. The van der Waals surface area contributed by atoms with Crippen LogP contribution in [0.1, 0.15) is 32.6 Å². The third kappa shape index (κ3) is 2.14. The van der Waals surface area contributed by atoms with Crippen molar-refractivity contribution < 1.29 is 4.79 Å². The minimum absolute atomic E-state index is 0.264. The molecule has 0 spiro atoms. The van der Waals surface area contributed by atoms with Crippen LogP contribution in [0.3, 0.4) is 0 Å². The molecule has 0 aromatic heterocycles. The molecule has 1 aliphatic heterocycles. The van der Waals surface area contributed by atoms with Crippen molar-refractivity contribution in [2.75, 3.05) is 18.1 Å². The van der Waals surface area contributed by atoms with Crippen LogP contribution in [0.15, 0.2) is 0 Å². The average Bonchev–Trinajstić information content (AvgIpc) is 2.20. The van der Waals surface area contributed by atoms with Crippen LogP contribution in [0.5, 0.6) is 0 Å². The number of nitrogens with zero attached hydrogens (tertiary/aromatic N) is 1. The van der Waals surface area contributed by atoms with Gasteiger partial charge in [0.15, 0.2) is 0 Å². The summed E-state index contributed by atoms with van der Waals surface area (Å²) in [6.45, 7) is 3.37. The molecule has 0 N–H and O–H groups in total. The molecule has 14 heavy (non-hydrogen) atoms. The number of hydrogen-bond donors (Lipinski definition) is 0. The van der Waals surface area contributed by atoms with Crippen LogP contribution in [0.4, 0.5) is 0 Å². The summed E-state index contributed by atoms with van der Waals surface area (Å²) < 4.78 is 0. The number of rotatable bonds is 1. The van der Waals surface area contributed by atoms with Crippen molar-refractivity contribution >= 4 is 17.5 Å². The van der Waals surface area contributed by atoms with Gasteiger partial charge in [0.2, 0.25) is 0 Å². The first-order valence-corrected chi connectivity index (χ1v) is 6.80. The lowest BCUT2D eigenvalue weighted by molar-refractivity contribution is -0.126. The van der Waals surface area contributed by atoms with E-state index in [-0.39, 0.29) is 6.04 Å². The van der Waals surface area contributed by atoms with E-state index in [1.165, 1.54) is 17.9 Å². The van der Waals surface area contributed by atoms with Gasteiger partial charge in [-0.1, -0.05) is 6.42 Å². The maximum Gasteiger partial charge on any atom is 0.149 e. The van der Waals surface area contributed by atoms with Crippen LogP contribution in [0.2, 0.25) is 0 Å². The molecule has 2 nitrogen and oxygen atoms in total. The summed E-state index contributed by atoms with van der Waals surface area (Å²) in [5, 5.41) is 0. The van der Waals surface area contributed by atoms with Gasteiger partial charge in [-0.2, -0.15) is 11.8 Å². The topological polar surface area (TPSA) is 20.3 Å². The van der Waals surface area contributed by atoms with Crippen LogP contribution in [-0.4, -0.2) is 40.8 Å². The molecule has 1 aliphatic carbocycles. The van der Waals surface area contributed by atoms with E-state index in [4.69, 9.17) is 0 Å². The highest BCUT2D eigenvalue weighted by molar-refractivity contribution is 7.99. The Kier molecular flexibility index (Phi) is 3.50. The van der Waals surface area contributed by atoms with E-state index in [1.54, 1.807) is 0 Å². The van der Waals surface area contributed by atoms with Gasteiger partial charge in [-0.25, -0.2) is 0 Å². The second-order valence-electron chi connectivity index (χ2n) is 4.39. The minimum atomic E-state index is 0.264. The maximum absolute atomic E-state index is 11.8. The third-order valence-electron chi connectivity index (χ3n) is 3.34. The van der Waals surface area contributed by atoms with Crippen molar-refractivity contribution in [3.63, 3.8) is 0 Å². The van der Waals surface area contributed by atoms with E-state index in [1.807, 2.05) is 11.8 Å². The van der Waals surface area contributed by atoms with Crippen molar-refractivity contribution in [1.82, 2.24) is 4.90 Å². The zero-order valence-corrected chi connectivity index (χ0v) is 9.68. The number of Topliss-reactive ketones (excluding diaryl/α,β-unsaturated/α-hetero) is 1. The predicted octanol–water partition coefficient (Wildman–Crippen LogP) is 1.94. The van der Waals surface area contributed by atoms with Crippen molar-refractivity contribution in [2.45, 2.75) is 44.7 Å². The molecule has 2 aliphatic rings. The Hall–Kier alpha value is -0.0200. The van der Waals surface area contributed by atoms with E-state index in [9.17, 15) is 4.79 Å². The Morgan fingerprint density at radius 1 is 1.43 bits per heavy atom. The molecule has 0 aromatic carbocycles. The van der Waals surface area contributed by atoms with Crippen molar-refractivity contribution in [3.05, 3.63) is 0 Å². The van der Waals surface area contributed by atoms with Crippen molar-refractivity contribution in [2.24, 2.45) is 0 Å². The molecular formula is C11H19NOS. The number of thioether (sulfide) groups is 1. The molecule has 0 bridgehead atoms. The number of ketones is 1. The number of carbonyl (C=O) groups excluding carboxylic acids is 1. The molecule has 80 valence electrons. The van der Waals surface area contributed by atoms with Crippen LogP contribution in [0, 0.1) is 0 Å². The molecule has 0 amide bonds. The van der Waals surface area contributed by atoms with E-state index in [2.05, 4.69) is 11.8 Å². The molecule has 2 atom stereocenters. The lowest BCUT2D eigenvalue weighted by Gasteiger charge is -2.40. The van der Waals surface area contributed by atoms with Crippen LogP contribution < -0.4 is 0 Å². The first-order chi connectivity index (χ1) is 6.79. The van der Waals surface area contributed by atoms with Crippen molar-refractivity contribution in [1.29, 1.82) is 0 Å². The molecule has 0 aromatic rings. The summed E-state index contributed by atoms with van der Waals surface area (Å²) >= 11 is 2.02. The van der Waals surface area contributed by atoms with Gasteiger partial charge < -0.3 is 0 Å². The van der Waals surface area contributed by atoms with Gasteiger partial charge in [0.05, 0.1) is 6.04 Å². The van der Waals surface area contributed by atoms with E-state index < -0.39 is 0 Å². The molecule has 1 saturated heterocycles. The fourth-order valence-corrected chi connectivity index (χ4v) is 3.56. The van der Waals surface area contributed by atoms with Gasteiger partial charge in [-0.15, -0.1) is 0 Å². The number of hydrogen-bond acceptors (Lipinski definition) is 3. The Morgan fingerprint density at radius 3 is 3.00 bits per heavy atom. The van der Waals surface area contributed by atoms with Gasteiger partial charge in [0.25, 0.3) is 0 Å². The second kappa shape index (κ2) is 4.67. The Morgan fingerprint density at radius 2 is 2.29 bits per heavy atom. The molecule has 1 saturated carbocycles. The maximum atomic E-state index is 11.8. The molecular weight excluding hydrogens is 194 g/mol. The molecule has 2 fully saturated rings. The van der Waals surface area contributed by atoms with Gasteiger partial charge >= 0.3 is 0 Å². The molecule has 2 rings (SSSR count). The summed E-state index contributed by atoms with van der Waals surface area (Å²) in [6.07, 6.45) is 4.29. The van der Waals surface area contributed by atoms with Gasteiger partial charge in [-0.3, -0.25) is 9.69 Å². The highest BCUT2D eigenvalue weighted by atomic mass is 32.2. The molecule has 0 radical (unpaired) electrons. The number of carbonyl (C=O) groups is 1. The second-order valence-corrected chi connectivity index (χ2v) is 5.54. The van der Waals surface area contributed by atoms with Gasteiger partial charge in [0.1, 0.15) is 5.78 Å². The summed E-state index contributed by atoms with van der Waals surface area (Å²) in [4.78, 5) is 14.2. The highest BCUT2D eigenvalue weighted by Gasteiger charge is 2.32. The van der Waals surface area contributed by atoms with Gasteiger partial charge in [-0.05, 0) is 19.8 Å². The van der Waals surface area contributed by atoms with Gasteiger partial charge in [0, 0.05) is 30.5 Å². The minimum Gasteiger partial charge on any atom is -0.298 e. The third-order valence-corrected chi connectivity index (χ3v) is 4.53. The smallest absolute Gasteiger partial charge is 0.149 e. The molecule has 3 heteroatoms. The highest BCUT2D eigenvalue weighted by Crippen LogP contribution is 2.25. The van der Waals surface area contributed by atoms with Crippen LogP contribution >= 0.6 is 11.8 Å². The largest absolute Gasteiger partial charge is 0.298 e. The fraction of sp³-hybridized carbons (Fsp3) is 0.909. The van der Waals surface area contributed by atoms with E-state index >= 15 is 0 Å². The Labute approximate surface area is 90.4 Å². The monoisotopic (exact) mass is 213 g/mol. The Bertz CT molecular complexity index is 219. The first kappa shape index (κ1) is 10.5. The first-order valence-electron chi connectivity index (χ1n) is 5.65. The zero-order valence-electron chi connectivity index (χ0n) is 8.87. The summed E-state index contributed by atoms with van der Waals surface area (Å²) in [7, 11) is 0. The van der Waals surface area contributed by atoms with Crippen LogP contribution in [0.25, 0.3) is 0 Å². The predicted molar refractivity (Wildman–Crippen MR) is 60.8 cm³/mol. The Balaban J connectivity index is 2.00.